The summed E-state index contributed by atoms with van der Waals surface area (Å²) in [6.45, 7) is 2.78. The van der Waals surface area contributed by atoms with E-state index in [0.29, 0.717) is 6.42 Å². The first kappa shape index (κ1) is 61.6. The molecule has 1 aromatic rings. The fraction of sp³-hybridized carbons (Fsp3) is 0.875. The maximum Gasteiger partial charge on any atom is 1.00 e. The van der Waals surface area contributed by atoms with E-state index in [0.717, 1.165) is 48.8 Å². The Labute approximate surface area is 413 Å². The Morgan fingerprint density at radius 3 is 1.79 bits per heavy atom. The number of nitrogen functional groups attached to an aromatic ring is 1. The van der Waals surface area contributed by atoms with Crippen LogP contribution in [0.25, 0.3) is 0 Å². The molecule has 21 heteroatoms. The summed E-state index contributed by atoms with van der Waals surface area (Å²) in [5.74, 6) is 0.421. The Bertz CT molecular complexity index is 1440. The fourth-order valence-electron chi connectivity index (χ4n) is 6.78. The average molecular weight is 944 g/mol. The van der Waals surface area contributed by atoms with Crippen LogP contribution in [0.15, 0.2) is 17.1 Å². The summed E-state index contributed by atoms with van der Waals surface area (Å²) in [5.41, 5.74) is 4.58. The first-order valence-electron chi connectivity index (χ1n) is 22.0. The van der Waals surface area contributed by atoms with Gasteiger partial charge in [0.15, 0.2) is 6.23 Å². The van der Waals surface area contributed by atoms with E-state index in [1.54, 1.807) is 0 Å². The van der Waals surface area contributed by atoms with Gasteiger partial charge in [-0.25, -0.2) is 9.11 Å². The van der Waals surface area contributed by atoms with Gasteiger partial charge in [-0.1, -0.05) is 149 Å². The number of aliphatic hydroxyl groups excluding tert-OH is 2. The van der Waals surface area contributed by atoms with Crippen molar-refractivity contribution >= 4 is 39.2 Å². The monoisotopic (exact) mass is 943 g/mol. The number of esters is 1. The number of carbonyl (C=O) groups is 1. The van der Waals surface area contributed by atoms with Crippen LogP contribution in [0.3, 0.4) is 0 Å². The smallest absolute Gasteiger partial charge is 0.756 e. The molecule has 0 radical (unpaired) electrons. The van der Waals surface area contributed by atoms with Gasteiger partial charge in [0.1, 0.15) is 30.2 Å². The average Bonchev–Trinajstić information content (AvgIpc) is 3.46. The van der Waals surface area contributed by atoms with Gasteiger partial charge in [0.2, 0.25) is 0 Å². The number of anilines is 1. The third-order valence-corrected chi connectivity index (χ3v) is 13.9. The molecule has 0 aliphatic carbocycles. The number of aliphatic hydroxyl groups is 2. The van der Waals surface area contributed by atoms with E-state index in [4.69, 9.17) is 19.7 Å². The molecule has 1 saturated heterocycles. The summed E-state index contributed by atoms with van der Waals surface area (Å²) in [7, 11) is -11.2. The number of aromatic nitrogens is 2. The van der Waals surface area contributed by atoms with E-state index in [1.165, 1.54) is 127 Å². The van der Waals surface area contributed by atoms with Gasteiger partial charge in [0.25, 0.3) is 15.6 Å². The topological polar surface area (TPSA) is 245 Å². The van der Waals surface area contributed by atoms with Gasteiger partial charge in [-0.3, -0.25) is 18.5 Å². The first-order valence-corrected chi connectivity index (χ1v) is 26.1. The number of nitrogens with two attached hydrogens (primary N) is 1. The zero-order valence-corrected chi connectivity index (χ0v) is 44.1. The van der Waals surface area contributed by atoms with E-state index in [9.17, 15) is 38.7 Å². The van der Waals surface area contributed by atoms with Crippen LogP contribution in [0.2, 0.25) is 0 Å². The minimum absolute atomic E-state index is 0. The van der Waals surface area contributed by atoms with Gasteiger partial charge in [-0.15, -0.1) is 0 Å². The second-order valence-corrected chi connectivity index (χ2v) is 19.6. The van der Waals surface area contributed by atoms with E-state index in [-0.39, 0.29) is 77.1 Å². The molecule has 4 N–H and O–H groups in total. The number of hydrogen-bond donors (Lipinski definition) is 3. The molecule has 0 amide bonds. The van der Waals surface area contributed by atoms with Crippen molar-refractivity contribution in [3.63, 3.8) is 0 Å². The van der Waals surface area contributed by atoms with Crippen molar-refractivity contribution in [3.05, 3.63) is 22.7 Å². The molecule has 344 valence electrons. The molecule has 61 heavy (non-hydrogen) atoms. The van der Waals surface area contributed by atoms with Gasteiger partial charge in [-0.05, 0) is 24.7 Å². The van der Waals surface area contributed by atoms with Crippen LogP contribution < -0.4 is 80.3 Å². The fourth-order valence-corrected chi connectivity index (χ4v) is 9.82. The molecular weight excluding hydrogens is 870 g/mol. The number of carbonyl (C=O) groups excluding carboxylic acids is 1. The minimum Gasteiger partial charge on any atom is -0.756 e. The molecule has 0 spiro atoms. The zero-order valence-electron chi connectivity index (χ0n) is 37.5. The molecule has 2 heterocycles. The van der Waals surface area contributed by atoms with Crippen molar-refractivity contribution in [2.75, 3.05) is 30.5 Å². The van der Waals surface area contributed by atoms with Crippen LogP contribution in [0, 0.1) is 0 Å². The van der Waals surface area contributed by atoms with E-state index in [2.05, 4.69) is 27.7 Å². The molecule has 1 aromatic heterocycles. The normalized spacial score (nSPS) is 20.0. The van der Waals surface area contributed by atoms with Crippen molar-refractivity contribution in [1.29, 1.82) is 0 Å². The summed E-state index contributed by atoms with van der Waals surface area (Å²) in [4.78, 5) is 53.6. The van der Waals surface area contributed by atoms with Crippen molar-refractivity contribution in [3.8, 4) is 0 Å². The molecule has 16 nitrogen and oxygen atoms in total. The molecule has 1 fully saturated rings. The maximum absolute atomic E-state index is 12.7. The van der Waals surface area contributed by atoms with Crippen molar-refractivity contribution in [2.45, 2.75) is 199 Å². The standard InChI is InChI=1S/C40H75N3O13P2S.2Na/c1-3-5-7-9-11-13-14-15-16-17-19-21-23-25-29-59-32-33(54-36(44)26-24-22-20-18-12-10-8-6-4-2)30-52-57(48,49)56-58(50,51)53-31-34-37(45)38(46)39(55-34)43-28-27-35(41)42-40(43)47;;/h27-28,33-34,37-39,45-46H,3-26,29-32H2,1-2H3,(H,48,49)(H,50,51)(H2,41,42,47);;/q;2*+1/p-2. The number of nitrogens with zero attached hydrogens (tertiary/aromatic N) is 2. The number of thioether (sulfide) groups is 1. The van der Waals surface area contributed by atoms with Gasteiger partial charge < -0.3 is 44.3 Å². The molecule has 0 aromatic carbocycles. The second-order valence-electron chi connectivity index (χ2n) is 15.5. The Balaban J connectivity index is 0.0000180. The molecule has 1 aliphatic rings. The minimum atomic E-state index is -5.63. The van der Waals surface area contributed by atoms with Gasteiger partial charge in [-0.2, -0.15) is 16.7 Å². The Morgan fingerprint density at radius 2 is 1.28 bits per heavy atom. The Kier molecular flexibility index (Phi) is 37.1. The van der Waals surface area contributed by atoms with Crippen LogP contribution in [-0.4, -0.2) is 74.9 Å². The number of unbranched alkanes of at least 4 members (excludes halogenated alkanes) is 21. The van der Waals surface area contributed by atoms with Crippen LogP contribution in [0.1, 0.15) is 174 Å². The molecule has 2 rings (SSSR count). The van der Waals surface area contributed by atoms with Crippen LogP contribution >= 0.6 is 27.4 Å². The molecule has 1 aliphatic heterocycles. The number of hydrogen-bond acceptors (Lipinski definition) is 16. The van der Waals surface area contributed by atoms with Gasteiger partial charge in [0, 0.05) is 18.4 Å². The van der Waals surface area contributed by atoms with Crippen molar-refractivity contribution in [1.82, 2.24) is 9.55 Å². The number of phosphoric acid groups is 2. The molecule has 0 saturated carbocycles. The third kappa shape index (κ3) is 29.1. The van der Waals surface area contributed by atoms with Gasteiger partial charge >= 0.3 is 70.8 Å². The summed E-state index contributed by atoms with van der Waals surface area (Å²) in [6.07, 6.45) is 21.1. The number of rotatable bonds is 37. The van der Waals surface area contributed by atoms with E-state index >= 15 is 0 Å². The Morgan fingerprint density at radius 1 is 0.803 bits per heavy atom. The molecule has 7 atom stereocenters. The quantitative estimate of drug-likeness (QED) is 0.0370. The third-order valence-electron chi connectivity index (χ3n) is 10.2. The Hall–Kier alpha value is 0.640. The summed E-state index contributed by atoms with van der Waals surface area (Å²) in [5, 5.41) is 20.8. The maximum atomic E-state index is 12.7. The molecule has 0 bridgehead atoms. The van der Waals surface area contributed by atoms with E-state index < -0.39 is 71.2 Å². The summed E-state index contributed by atoms with van der Waals surface area (Å²) < 4.78 is 50.8. The predicted molar refractivity (Wildman–Crippen MR) is 226 cm³/mol. The number of ether oxygens (including phenoxy) is 2. The van der Waals surface area contributed by atoms with Crippen molar-refractivity contribution in [2.24, 2.45) is 0 Å². The van der Waals surface area contributed by atoms with Gasteiger partial charge in [0.05, 0.1) is 13.2 Å². The summed E-state index contributed by atoms with van der Waals surface area (Å²) >= 11 is 1.50. The molecule has 7 unspecified atom stereocenters. The second kappa shape index (κ2) is 36.7. The first-order chi connectivity index (χ1) is 28.3. The van der Waals surface area contributed by atoms with Crippen LogP contribution in [0.4, 0.5) is 5.82 Å². The molecular formula is C40H73N3Na2O13P2S. The largest absolute Gasteiger partial charge is 1.00 e. The van der Waals surface area contributed by atoms with Crippen LogP contribution in [0.5, 0.6) is 0 Å². The zero-order chi connectivity index (χ0) is 43.4. The SMILES string of the molecule is CCCCCCCCCCCCCCCCSCC(COP(=O)([O-])OP(=O)([O-])OCC1OC(n2ccc(N)nc2=O)C(O)C1O)OC(=O)CCCCCCCCCCC.[Na+].[Na+]. The van der Waals surface area contributed by atoms with Crippen LogP contribution in [-0.2, 0) is 36.8 Å². The number of phosphoric ester groups is 2. The van der Waals surface area contributed by atoms with Crippen molar-refractivity contribution < 1.29 is 116 Å². The predicted octanol–water partition coefficient (Wildman–Crippen LogP) is 1.49. The summed E-state index contributed by atoms with van der Waals surface area (Å²) in [6, 6.07) is 1.25. The van der Waals surface area contributed by atoms with E-state index in [1.807, 2.05) is 0 Å².